The average Bonchev–Trinajstić information content (AvgIpc) is 3.08. The summed E-state index contributed by atoms with van der Waals surface area (Å²) in [6, 6.07) is 14.6. The molecule has 0 N–H and O–H groups in total. The van der Waals surface area contributed by atoms with E-state index < -0.39 is 0 Å². The summed E-state index contributed by atoms with van der Waals surface area (Å²) in [4.78, 5) is 28.9. The molecule has 5 rings (SSSR count). The summed E-state index contributed by atoms with van der Waals surface area (Å²) in [5.41, 5.74) is 2.11. The number of likely N-dealkylation sites (tertiary alicyclic amines) is 1. The number of aromatic nitrogens is 3. The van der Waals surface area contributed by atoms with E-state index >= 15 is 0 Å². The first kappa shape index (κ1) is 18.9. The Morgan fingerprint density at radius 2 is 1.70 bits per heavy atom. The number of fused-ring (bicyclic) bond motifs is 3. The van der Waals surface area contributed by atoms with E-state index in [0.29, 0.717) is 40.4 Å². The molecule has 0 radical (unpaired) electrons. The minimum atomic E-state index is -0.251. The summed E-state index contributed by atoms with van der Waals surface area (Å²) >= 11 is 6.03. The summed E-state index contributed by atoms with van der Waals surface area (Å²) in [6.45, 7) is 1.43. The van der Waals surface area contributed by atoms with Gasteiger partial charge in [0, 0.05) is 36.1 Å². The molecule has 2 aromatic carbocycles. The molecule has 1 amide bonds. The van der Waals surface area contributed by atoms with Crippen LogP contribution in [-0.4, -0.2) is 38.2 Å². The third-order valence-corrected chi connectivity index (χ3v) is 6.11. The van der Waals surface area contributed by atoms with Crippen molar-refractivity contribution in [2.24, 2.45) is 7.05 Å². The first-order valence-electron chi connectivity index (χ1n) is 10.1. The van der Waals surface area contributed by atoms with Crippen LogP contribution in [0.5, 0.6) is 0 Å². The van der Waals surface area contributed by atoms with Crippen molar-refractivity contribution >= 4 is 39.3 Å². The van der Waals surface area contributed by atoms with Crippen LogP contribution in [0.3, 0.4) is 0 Å². The molecule has 1 aliphatic heterocycles. The van der Waals surface area contributed by atoms with Crippen LogP contribution in [0.25, 0.3) is 27.5 Å². The number of amides is 1. The van der Waals surface area contributed by atoms with E-state index in [1.54, 1.807) is 24.3 Å². The van der Waals surface area contributed by atoms with Gasteiger partial charge in [-0.1, -0.05) is 29.8 Å². The second-order valence-electron chi connectivity index (χ2n) is 7.69. The van der Waals surface area contributed by atoms with Gasteiger partial charge in [-0.25, -0.2) is 0 Å². The zero-order valence-corrected chi connectivity index (χ0v) is 17.4. The largest absolute Gasteiger partial charge is 0.341 e. The summed E-state index contributed by atoms with van der Waals surface area (Å²) in [5, 5.41) is 6.48. The first-order chi connectivity index (χ1) is 14.6. The fourth-order valence-electron chi connectivity index (χ4n) is 4.33. The molecule has 0 spiro atoms. The number of rotatable bonds is 2. The Bertz CT molecular complexity index is 1330. The van der Waals surface area contributed by atoms with Crippen molar-refractivity contribution in [2.75, 3.05) is 13.1 Å². The van der Waals surface area contributed by atoms with Crippen LogP contribution in [0.2, 0.25) is 5.02 Å². The van der Waals surface area contributed by atoms with Gasteiger partial charge in [-0.05, 0) is 49.6 Å². The Balaban J connectivity index is 1.85. The SMILES string of the molecule is Cn1c2ccccc2c2c(=O)n(-c3ccc(Cl)cc3)nc(C(=O)N3CCCCC3)c21. The molecular formula is C23H21ClN4O2. The second kappa shape index (κ2) is 7.29. The van der Waals surface area contributed by atoms with Crippen LogP contribution in [0.4, 0.5) is 0 Å². The summed E-state index contributed by atoms with van der Waals surface area (Å²) < 4.78 is 3.23. The van der Waals surface area contributed by atoms with E-state index in [9.17, 15) is 9.59 Å². The van der Waals surface area contributed by atoms with Gasteiger partial charge in [-0.2, -0.15) is 9.78 Å². The zero-order valence-electron chi connectivity index (χ0n) is 16.6. The van der Waals surface area contributed by atoms with E-state index in [1.165, 1.54) is 4.68 Å². The molecule has 0 atom stereocenters. The molecule has 2 aromatic heterocycles. The molecule has 7 heteroatoms. The lowest BCUT2D eigenvalue weighted by atomic mass is 10.1. The summed E-state index contributed by atoms with van der Waals surface area (Å²) in [6.07, 6.45) is 3.10. The first-order valence-corrected chi connectivity index (χ1v) is 10.5. The van der Waals surface area contributed by atoms with Gasteiger partial charge in [-0.3, -0.25) is 9.59 Å². The highest BCUT2D eigenvalue weighted by Gasteiger charge is 2.27. The van der Waals surface area contributed by atoms with Crippen molar-refractivity contribution < 1.29 is 4.79 Å². The lowest BCUT2D eigenvalue weighted by Gasteiger charge is -2.26. The topological polar surface area (TPSA) is 60.1 Å². The Hall–Kier alpha value is -3.12. The summed E-state index contributed by atoms with van der Waals surface area (Å²) in [7, 11) is 1.88. The van der Waals surface area contributed by atoms with Gasteiger partial charge in [0.2, 0.25) is 0 Å². The van der Waals surface area contributed by atoms with E-state index in [2.05, 4.69) is 5.10 Å². The summed E-state index contributed by atoms with van der Waals surface area (Å²) in [5.74, 6) is -0.131. The van der Waals surface area contributed by atoms with E-state index in [4.69, 9.17) is 11.6 Å². The quantitative estimate of drug-likeness (QED) is 0.489. The fraction of sp³-hybridized carbons (Fsp3) is 0.261. The van der Waals surface area contributed by atoms with Gasteiger partial charge >= 0.3 is 0 Å². The van der Waals surface area contributed by atoms with Crippen molar-refractivity contribution in [1.82, 2.24) is 19.2 Å². The number of halogens is 1. The fourth-order valence-corrected chi connectivity index (χ4v) is 4.46. The van der Waals surface area contributed by atoms with Gasteiger partial charge < -0.3 is 9.47 Å². The van der Waals surface area contributed by atoms with Crippen molar-refractivity contribution in [3.8, 4) is 5.69 Å². The maximum atomic E-state index is 13.5. The number of carbonyl (C=O) groups excluding carboxylic acids is 1. The molecule has 1 fully saturated rings. The number of hydrogen-bond acceptors (Lipinski definition) is 3. The molecule has 0 saturated carbocycles. The smallest absolute Gasteiger partial charge is 0.281 e. The molecule has 3 heterocycles. The standard InChI is InChI=1S/C23H21ClN4O2/c1-26-18-8-4-3-7-17(18)19-21(26)20(23(30)27-13-5-2-6-14-27)25-28(22(19)29)16-11-9-15(24)10-12-16/h3-4,7-12H,2,5-6,13-14H2,1H3. The number of hydrogen-bond donors (Lipinski definition) is 0. The number of aryl methyl sites for hydroxylation is 1. The minimum Gasteiger partial charge on any atom is -0.341 e. The number of nitrogens with zero attached hydrogens (tertiary/aromatic N) is 4. The van der Waals surface area contributed by atoms with Crippen molar-refractivity contribution in [3.05, 3.63) is 69.6 Å². The molecule has 152 valence electrons. The number of benzene rings is 2. The molecule has 1 aliphatic rings. The number of carbonyl (C=O) groups is 1. The molecule has 1 saturated heterocycles. The molecule has 30 heavy (non-hydrogen) atoms. The Morgan fingerprint density at radius 1 is 1.00 bits per heavy atom. The molecule has 4 aromatic rings. The maximum Gasteiger partial charge on any atom is 0.281 e. The number of piperidine rings is 1. The van der Waals surface area contributed by atoms with Gasteiger partial charge in [0.05, 0.1) is 16.6 Å². The van der Waals surface area contributed by atoms with Gasteiger partial charge in [-0.15, -0.1) is 0 Å². The lowest BCUT2D eigenvalue weighted by molar-refractivity contribution is 0.0718. The number of para-hydroxylation sites is 1. The van der Waals surface area contributed by atoms with Crippen LogP contribution >= 0.6 is 11.6 Å². The zero-order chi connectivity index (χ0) is 20.8. The maximum absolute atomic E-state index is 13.5. The van der Waals surface area contributed by atoms with E-state index in [1.807, 2.05) is 40.8 Å². The highest BCUT2D eigenvalue weighted by molar-refractivity contribution is 6.30. The van der Waals surface area contributed by atoms with Crippen LogP contribution in [0.1, 0.15) is 29.8 Å². The third kappa shape index (κ3) is 2.91. The van der Waals surface area contributed by atoms with Crippen molar-refractivity contribution in [2.45, 2.75) is 19.3 Å². The highest BCUT2D eigenvalue weighted by Crippen LogP contribution is 2.28. The van der Waals surface area contributed by atoms with E-state index in [-0.39, 0.29) is 11.5 Å². The average molecular weight is 421 g/mol. The predicted octanol–water partition coefficient (Wildman–Crippen LogP) is 4.16. The van der Waals surface area contributed by atoms with Gasteiger partial charge in [0.15, 0.2) is 5.69 Å². The minimum absolute atomic E-state index is 0.131. The second-order valence-corrected chi connectivity index (χ2v) is 8.13. The van der Waals surface area contributed by atoms with Crippen molar-refractivity contribution in [1.29, 1.82) is 0 Å². The lowest BCUT2D eigenvalue weighted by Crippen LogP contribution is -2.37. The van der Waals surface area contributed by atoms with Gasteiger partial charge in [0.25, 0.3) is 11.5 Å². The van der Waals surface area contributed by atoms with Crippen LogP contribution in [0.15, 0.2) is 53.3 Å². The molecule has 0 bridgehead atoms. The third-order valence-electron chi connectivity index (χ3n) is 5.85. The van der Waals surface area contributed by atoms with Crippen molar-refractivity contribution in [3.63, 3.8) is 0 Å². The van der Waals surface area contributed by atoms with E-state index in [0.717, 1.165) is 30.2 Å². The van der Waals surface area contributed by atoms with Crippen LogP contribution < -0.4 is 5.56 Å². The molecular weight excluding hydrogens is 400 g/mol. The highest BCUT2D eigenvalue weighted by atomic mass is 35.5. The normalized spacial score (nSPS) is 14.5. The monoisotopic (exact) mass is 420 g/mol. The molecule has 0 aliphatic carbocycles. The molecule has 6 nitrogen and oxygen atoms in total. The molecule has 0 unspecified atom stereocenters. The van der Waals surface area contributed by atoms with Crippen LogP contribution in [0, 0.1) is 0 Å². The van der Waals surface area contributed by atoms with Crippen LogP contribution in [-0.2, 0) is 7.05 Å². The van der Waals surface area contributed by atoms with Gasteiger partial charge in [0.1, 0.15) is 0 Å². The predicted molar refractivity (Wildman–Crippen MR) is 119 cm³/mol. The Morgan fingerprint density at radius 3 is 2.43 bits per heavy atom. The Kier molecular flexibility index (Phi) is 4.59. The Labute approximate surface area is 178 Å².